The van der Waals surface area contributed by atoms with Gasteiger partial charge in [0.1, 0.15) is 0 Å². The molecule has 0 saturated carbocycles. The highest BCUT2D eigenvalue weighted by Crippen LogP contribution is 2.17. The lowest BCUT2D eigenvalue weighted by Crippen LogP contribution is -2.42. The van der Waals surface area contributed by atoms with Crippen LogP contribution < -0.4 is 5.73 Å². The van der Waals surface area contributed by atoms with Crippen molar-refractivity contribution in [3.8, 4) is 0 Å². The Hall–Kier alpha value is -0.870. The molecule has 0 spiro atoms. The molecule has 1 rings (SSSR count). The summed E-state index contributed by atoms with van der Waals surface area (Å²) in [6.07, 6.45) is 0.721. The minimum atomic E-state index is -0.405. The van der Waals surface area contributed by atoms with Gasteiger partial charge in [-0.25, -0.2) is 0 Å². The number of hydrogen-bond donors (Lipinski definition) is 1. The summed E-state index contributed by atoms with van der Waals surface area (Å²) in [6.45, 7) is 4.72. The molecule has 0 aliphatic heterocycles. The summed E-state index contributed by atoms with van der Waals surface area (Å²) in [6, 6.07) is 7.49. The molecule has 0 unspecified atom stereocenters. The average Bonchev–Trinajstić information content (AvgIpc) is 2.30. The first kappa shape index (κ1) is 15.2. The first-order chi connectivity index (χ1) is 8.41. The Morgan fingerprint density at radius 2 is 2.00 bits per heavy atom. The van der Waals surface area contributed by atoms with Gasteiger partial charge in [-0.15, -0.1) is 0 Å². The number of carbonyl (C=O) groups excluding carboxylic acids is 1. The number of nitrogens with two attached hydrogens (primary N) is 1. The molecular formula is C14H21BrN2O. The molecule has 0 radical (unpaired) electrons. The number of benzene rings is 1. The minimum Gasteiger partial charge on any atom is -0.340 e. The van der Waals surface area contributed by atoms with Crippen LogP contribution in [0.2, 0.25) is 0 Å². The summed E-state index contributed by atoms with van der Waals surface area (Å²) < 4.78 is 1.02. The molecule has 0 aliphatic rings. The zero-order valence-corrected chi connectivity index (χ0v) is 12.8. The molecule has 1 aromatic carbocycles. The molecule has 100 valence electrons. The summed E-state index contributed by atoms with van der Waals surface area (Å²) in [5.74, 6) is 0.431. The number of halogens is 1. The molecule has 1 amide bonds. The van der Waals surface area contributed by atoms with Crippen LogP contribution in [0.25, 0.3) is 0 Å². The lowest BCUT2D eigenvalue weighted by molar-refractivity contribution is -0.132. The van der Waals surface area contributed by atoms with E-state index >= 15 is 0 Å². The quantitative estimate of drug-likeness (QED) is 0.908. The van der Waals surface area contributed by atoms with Crippen LogP contribution in [-0.2, 0) is 11.3 Å². The highest BCUT2D eigenvalue weighted by atomic mass is 79.9. The van der Waals surface area contributed by atoms with Gasteiger partial charge < -0.3 is 10.6 Å². The molecule has 0 heterocycles. The molecule has 0 bridgehead atoms. The van der Waals surface area contributed by atoms with Crippen LogP contribution in [0.15, 0.2) is 28.7 Å². The van der Waals surface area contributed by atoms with Gasteiger partial charge in [-0.3, -0.25) is 4.79 Å². The van der Waals surface area contributed by atoms with Crippen LogP contribution in [0.1, 0.15) is 25.8 Å². The van der Waals surface area contributed by atoms with Crippen LogP contribution in [-0.4, -0.2) is 23.9 Å². The van der Waals surface area contributed by atoms with Crippen molar-refractivity contribution in [3.05, 3.63) is 34.3 Å². The predicted molar refractivity (Wildman–Crippen MR) is 78.0 cm³/mol. The zero-order chi connectivity index (χ0) is 13.7. The Bertz CT molecular complexity index is 407. The van der Waals surface area contributed by atoms with Gasteiger partial charge in [0.2, 0.25) is 5.91 Å². The topological polar surface area (TPSA) is 46.3 Å². The zero-order valence-electron chi connectivity index (χ0n) is 11.2. The van der Waals surface area contributed by atoms with E-state index in [0.29, 0.717) is 12.5 Å². The highest BCUT2D eigenvalue weighted by molar-refractivity contribution is 9.10. The van der Waals surface area contributed by atoms with Gasteiger partial charge in [-0.05, 0) is 24.0 Å². The standard InChI is InChI=1S/C14H21BrN2O/c1-10(2)8-13(16)14(18)17(3)9-11-6-4-5-7-12(11)15/h4-7,10,13H,8-9,16H2,1-3H3/t13-/m0/s1. The predicted octanol–water partition coefficient (Wildman–Crippen LogP) is 2.78. The molecule has 18 heavy (non-hydrogen) atoms. The van der Waals surface area contributed by atoms with E-state index in [0.717, 1.165) is 16.5 Å². The number of nitrogens with zero attached hydrogens (tertiary/aromatic N) is 1. The Morgan fingerprint density at radius 1 is 1.39 bits per heavy atom. The number of rotatable bonds is 5. The minimum absolute atomic E-state index is 0.000506. The van der Waals surface area contributed by atoms with Gasteiger partial charge in [-0.1, -0.05) is 48.0 Å². The fourth-order valence-corrected chi connectivity index (χ4v) is 2.26. The maximum Gasteiger partial charge on any atom is 0.239 e. The van der Waals surface area contributed by atoms with E-state index in [1.807, 2.05) is 24.3 Å². The molecule has 2 N–H and O–H groups in total. The van der Waals surface area contributed by atoms with E-state index in [4.69, 9.17) is 5.73 Å². The van der Waals surface area contributed by atoms with E-state index in [-0.39, 0.29) is 5.91 Å². The molecule has 4 heteroatoms. The van der Waals surface area contributed by atoms with Crippen LogP contribution in [0, 0.1) is 5.92 Å². The van der Waals surface area contributed by atoms with Crippen molar-refractivity contribution in [2.24, 2.45) is 11.7 Å². The fourth-order valence-electron chi connectivity index (χ4n) is 1.85. The third-order valence-corrected chi connectivity index (χ3v) is 3.56. The molecule has 1 atom stereocenters. The van der Waals surface area contributed by atoms with E-state index < -0.39 is 6.04 Å². The Labute approximate surface area is 117 Å². The molecule has 0 aliphatic carbocycles. The van der Waals surface area contributed by atoms with E-state index in [1.54, 1.807) is 11.9 Å². The molecule has 0 saturated heterocycles. The second kappa shape index (κ2) is 6.90. The van der Waals surface area contributed by atoms with Crippen LogP contribution >= 0.6 is 15.9 Å². The third-order valence-electron chi connectivity index (χ3n) is 2.78. The van der Waals surface area contributed by atoms with Crippen LogP contribution in [0.4, 0.5) is 0 Å². The fraction of sp³-hybridized carbons (Fsp3) is 0.500. The smallest absolute Gasteiger partial charge is 0.239 e. The average molecular weight is 313 g/mol. The number of amides is 1. The maximum atomic E-state index is 12.1. The summed E-state index contributed by atoms with van der Waals surface area (Å²) in [7, 11) is 1.79. The lowest BCUT2D eigenvalue weighted by Gasteiger charge is -2.22. The second-order valence-corrected chi connectivity index (χ2v) is 5.88. The Balaban J connectivity index is 2.63. The maximum absolute atomic E-state index is 12.1. The van der Waals surface area contributed by atoms with Gasteiger partial charge in [0, 0.05) is 18.1 Å². The third kappa shape index (κ3) is 4.42. The summed E-state index contributed by atoms with van der Waals surface area (Å²) in [5.41, 5.74) is 7.00. The Morgan fingerprint density at radius 3 is 2.56 bits per heavy atom. The molecule has 1 aromatic rings. The van der Waals surface area contributed by atoms with Crippen molar-refractivity contribution < 1.29 is 4.79 Å². The lowest BCUT2D eigenvalue weighted by atomic mass is 10.0. The monoisotopic (exact) mass is 312 g/mol. The number of hydrogen-bond acceptors (Lipinski definition) is 2. The van der Waals surface area contributed by atoms with Gasteiger partial charge in [0.25, 0.3) is 0 Å². The molecule has 0 fully saturated rings. The van der Waals surface area contributed by atoms with Crippen molar-refractivity contribution in [1.82, 2.24) is 4.90 Å². The van der Waals surface area contributed by atoms with Gasteiger partial charge in [-0.2, -0.15) is 0 Å². The Kier molecular flexibility index (Phi) is 5.82. The first-order valence-corrected chi connectivity index (χ1v) is 6.95. The van der Waals surface area contributed by atoms with Crippen molar-refractivity contribution in [2.75, 3.05) is 7.05 Å². The van der Waals surface area contributed by atoms with Crippen molar-refractivity contribution in [2.45, 2.75) is 32.9 Å². The van der Waals surface area contributed by atoms with E-state index in [2.05, 4.69) is 29.8 Å². The normalized spacial score (nSPS) is 12.6. The van der Waals surface area contributed by atoms with E-state index in [9.17, 15) is 4.79 Å². The summed E-state index contributed by atoms with van der Waals surface area (Å²) in [4.78, 5) is 13.8. The molecule has 3 nitrogen and oxygen atoms in total. The van der Waals surface area contributed by atoms with Gasteiger partial charge in [0.15, 0.2) is 0 Å². The summed E-state index contributed by atoms with van der Waals surface area (Å²) >= 11 is 3.48. The van der Waals surface area contributed by atoms with Gasteiger partial charge >= 0.3 is 0 Å². The SMILES string of the molecule is CC(C)C[C@H](N)C(=O)N(C)Cc1ccccc1Br. The highest BCUT2D eigenvalue weighted by Gasteiger charge is 2.19. The van der Waals surface area contributed by atoms with Crippen LogP contribution in [0.5, 0.6) is 0 Å². The molecule has 0 aromatic heterocycles. The largest absolute Gasteiger partial charge is 0.340 e. The van der Waals surface area contributed by atoms with Crippen molar-refractivity contribution >= 4 is 21.8 Å². The van der Waals surface area contributed by atoms with Crippen molar-refractivity contribution in [3.63, 3.8) is 0 Å². The number of carbonyl (C=O) groups is 1. The first-order valence-electron chi connectivity index (χ1n) is 6.15. The molecular weight excluding hydrogens is 292 g/mol. The van der Waals surface area contributed by atoms with E-state index in [1.165, 1.54) is 0 Å². The summed E-state index contributed by atoms with van der Waals surface area (Å²) in [5, 5.41) is 0. The second-order valence-electron chi connectivity index (χ2n) is 5.02. The van der Waals surface area contributed by atoms with Gasteiger partial charge in [0.05, 0.1) is 6.04 Å². The van der Waals surface area contributed by atoms with Crippen LogP contribution in [0.3, 0.4) is 0 Å². The number of likely N-dealkylation sites (N-methyl/N-ethyl adjacent to an activating group) is 1. The van der Waals surface area contributed by atoms with Crippen molar-refractivity contribution in [1.29, 1.82) is 0 Å².